The molecule has 2 heterocycles. The quantitative estimate of drug-likeness (QED) is 0.894. The zero-order valence-corrected chi connectivity index (χ0v) is 14.6. The van der Waals surface area contributed by atoms with E-state index in [0.29, 0.717) is 29.2 Å². The predicted octanol–water partition coefficient (Wildman–Crippen LogP) is 2.94. The fraction of sp³-hybridized carbons (Fsp3) is 0.316. The fourth-order valence-electron chi connectivity index (χ4n) is 2.89. The molecule has 1 aliphatic rings. The van der Waals surface area contributed by atoms with E-state index < -0.39 is 0 Å². The van der Waals surface area contributed by atoms with E-state index in [0.717, 1.165) is 31.5 Å². The number of rotatable bonds is 5. The molecular formula is C19H20ClN3O2. The lowest BCUT2D eigenvalue weighted by Gasteiger charge is -2.14. The Morgan fingerprint density at radius 3 is 2.72 bits per heavy atom. The molecule has 0 aliphatic carbocycles. The van der Waals surface area contributed by atoms with Gasteiger partial charge in [-0.15, -0.1) is 0 Å². The van der Waals surface area contributed by atoms with Gasteiger partial charge >= 0.3 is 0 Å². The maximum Gasteiger partial charge on any atom is 0.272 e. The van der Waals surface area contributed by atoms with Gasteiger partial charge in [0.25, 0.3) is 11.8 Å². The third kappa shape index (κ3) is 4.57. The van der Waals surface area contributed by atoms with Gasteiger partial charge in [-0.25, -0.2) is 0 Å². The van der Waals surface area contributed by atoms with Crippen LogP contribution in [0.25, 0.3) is 0 Å². The Morgan fingerprint density at radius 2 is 1.96 bits per heavy atom. The number of nitrogens with zero attached hydrogens (tertiary/aromatic N) is 2. The molecule has 5 nitrogen and oxygen atoms in total. The van der Waals surface area contributed by atoms with Crippen LogP contribution >= 0.6 is 11.6 Å². The summed E-state index contributed by atoms with van der Waals surface area (Å²) in [7, 11) is 0. The highest BCUT2D eigenvalue weighted by molar-refractivity contribution is 6.30. The highest BCUT2D eigenvalue weighted by Gasteiger charge is 2.21. The topological polar surface area (TPSA) is 62.3 Å². The first kappa shape index (κ1) is 17.4. The largest absolute Gasteiger partial charge is 0.352 e. The van der Waals surface area contributed by atoms with Crippen LogP contribution in [0, 0.1) is 0 Å². The van der Waals surface area contributed by atoms with Crippen molar-refractivity contribution >= 4 is 23.4 Å². The van der Waals surface area contributed by atoms with E-state index in [1.54, 1.807) is 17.0 Å². The number of amides is 2. The minimum atomic E-state index is -0.208. The van der Waals surface area contributed by atoms with Crippen molar-refractivity contribution < 1.29 is 9.59 Å². The van der Waals surface area contributed by atoms with Crippen molar-refractivity contribution in [1.82, 2.24) is 15.2 Å². The molecular weight excluding hydrogens is 338 g/mol. The van der Waals surface area contributed by atoms with Gasteiger partial charge in [0.2, 0.25) is 0 Å². The lowest BCUT2D eigenvalue weighted by molar-refractivity contribution is 0.0787. The minimum Gasteiger partial charge on any atom is -0.352 e. The summed E-state index contributed by atoms with van der Waals surface area (Å²) in [5.74, 6) is -0.314. The molecule has 1 saturated heterocycles. The van der Waals surface area contributed by atoms with E-state index >= 15 is 0 Å². The van der Waals surface area contributed by atoms with Crippen LogP contribution < -0.4 is 5.32 Å². The molecule has 0 atom stereocenters. The van der Waals surface area contributed by atoms with Crippen molar-refractivity contribution in [2.45, 2.75) is 19.3 Å². The van der Waals surface area contributed by atoms with E-state index in [2.05, 4.69) is 10.3 Å². The number of carbonyl (C=O) groups excluding carboxylic acids is 2. The molecule has 130 valence electrons. The zero-order valence-electron chi connectivity index (χ0n) is 13.9. The van der Waals surface area contributed by atoms with Crippen LogP contribution in [0.1, 0.15) is 39.3 Å². The zero-order chi connectivity index (χ0) is 17.6. The fourth-order valence-corrected chi connectivity index (χ4v) is 3.10. The smallest absolute Gasteiger partial charge is 0.272 e. The Kier molecular flexibility index (Phi) is 5.66. The number of nitrogens with one attached hydrogen (secondary N) is 1. The van der Waals surface area contributed by atoms with Crippen LogP contribution in [0.15, 0.2) is 42.6 Å². The summed E-state index contributed by atoms with van der Waals surface area (Å²) in [4.78, 5) is 30.6. The second-order valence-electron chi connectivity index (χ2n) is 6.06. The third-order valence-electron chi connectivity index (χ3n) is 4.22. The van der Waals surface area contributed by atoms with Gasteiger partial charge in [0.05, 0.1) is 0 Å². The first-order valence-electron chi connectivity index (χ1n) is 8.41. The van der Waals surface area contributed by atoms with Crippen molar-refractivity contribution in [3.8, 4) is 0 Å². The van der Waals surface area contributed by atoms with Crippen LogP contribution in [-0.4, -0.2) is 41.3 Å². The van der Waals surface area contributed by atoms with Crippen LogP contribution in [-0.2, 0) is 6.42 Å². The SMILES string of the molecule is O=C(NCCc1cccc(Cl)c1)c1ccnc(C(=O)N2CCCC2)c1. The maximum absolute atomic E-state index is 12.4. The highest BCUT2D eigenvalue weighted by atomic mass is 35.5. The van der Waals surface area contributed by atoms with Gasteiger partial charge in [0, 0.05) is 36.4 Å². The number of aromatic nitrogens is 1. The van der Waals surface area contributed by atoms with E-state index in [1.807, 2.05) is 24.3 Å². The number of likely N-dealkylation sites (tertiary alicyclic amines) is 1. The highest BCUT2D eigenvalue weighted by Crippen LogP contribution is 2.13. The predicted molar refractivity (Wildman–Crippen MR) is 96.9 cm³/mol. The number of hydrogen-bond acceptors (Lipinski definition) is 3. The van der Waals surface area contributed by atoms with Crippen molar-refractivity contribution in [1.29, 1.82) is 0 Å². The van der Waals surface area contributed by atoms with Crippen LogP contribution in [0.4, 0.5) is 0 Å². The first-order valence-corrected chi connectivity index (χ1v) is 8.79. The van der Waals surface area contributed by atoms with E-state index in [-0.39, 0.29) is 11.8 Å². The summed E-state index contributed by atoms with van der Waals surface area (Å²) in [5.41, 5.74) is 1.83. The van der Waals surface area contributed by atoms with Crippen molar-refractivity contribution in [2.75, 3.05) is 19.6 Å². The number of pyridine rings is 1. The number of halogens is 1. The van der Waals surface area contributed by atoms with Crippen molar-refractivity contribution in [2.24, 2.45) is 0 Å². The molecule has 0 bridgehead atoms. The molecule has 2 amide bonds. The summed E-state index contributed by atoms with van der Waals surface area (Å²) < 4.78 is 0. The van der Waals surface area contributed by atoms with Crippen LogP contribution in [0.2, 0.25) is 5.02 Å². The van der Waals surface area contributed by atoms with Gasteiger partial charge in [-0.3, -0.25) is 14.6 Å². The van der Waals surface area contributed by atoms with Crippen molar-refractivity contribution in [3.05, 3.63) is 64.4 Å². The third-order valence-corrected chi connectivity index (χ3v) is 4.46. The summed E-state index contributed by atoms with van der Waals surface area (Å²) >= 11 is 5.95. The van der Waals surface area contributed by atoms with Gasteiger partial charge in [0.1, 0.15) is 5.69 Å². The van der Waals surface area contributed by atoms with Gasteiger partial charge in [-0.05, 0) is 49.1 Å². The van der Waals surface area contributed by atoms with Gasteiger partial charge in [-0.2, -0.15) is 0 Å². The Labute approximate surface area is 152 Å². The van der Waals surface area contributed by atoms with Gasteiger partial charge in [-0.1, -0.05) is 23.7 Å². The molecule has 1 aromatic heterocycles. The monoisotopic (exact) mass is 357 g/mol. The molecule has 1 aromatic carbocycles. The molecule has 3 rings (SSSR count). The summed E-state index contributed by atoms with van der Waals surface area (Å²) in [6.07, 6.45) is 4.25. The Morgan fingerprint density at radius 1 is 1.16 bits per heavy atom. The second kappa shape index (κ2) is 8.12. The molecule has 0 spiro atoms. The Balaban J connectivity index is 1.58. The van der Waals surface area contributed by atoms with E-state index in [1.165, 1.54) is 6.20 Å². The molecule has 6 heteroatoms. The lowest BCUT2D eigenvalue weighted by atomic mass is 10.1. The number of hydrogen-bond donors (Lipinski definition) is 1. The molecule has 1 aliphatic heterocycles. The summed E-state index contributed by atoms with van der Waals surface area (Å²) in [6.45, 7) is 2.02. The number of benzene rings is 1. The molecule has 2 aromatic rings. The minimum absolute atomic E-state index is 0.105. The van der Waals surface area contributed by atoms with Gasteiger partial charge in [0.15, 0.2) is 0 Å². The molecule has 0 radical (unpaired) electrons. The maximum atomic E-state index is 12.4. The average Bonchev–Trinajstić information content (AvgIpc) is 3.16. The lowest BCUT2D eigenvalue weighted by Crippen LogP contribution is -2.29. The molecule has 0 saturated carbocycles. The van der Waals surface area contributed by atoms with Crippen LogP contribution in [0.3, 0.4) is 0 Å². The second-order valence-corrected chi connectivity index (χ2v) is 6.50. The summed E-state index contributed by atoms with van der Waals surface area (Å²) in [6, 6.07) is 10.7. The van der Waals surface area contributed by atoms with E-state index in [9.17, 15) is 9.59 Å². The average molecular weight is 358 g/mol. The molecule has 0 unspecified atom stereocenters. The van der Waals surface area contributed by atoms with Crippen molar-refractivity contribution in [3.63, 3.8) is 0 Å². The first-order chi connectivity index (χ1) is 12.1. The van der Waals surface area contributed by atoms with Gasteiger partial charge < -0.3 is 10.2 Å². The number of carbonyl (C=O) groups is 2. The van der Waals surface area contributed by atoms with E-state index in [4.69, 9.17) is 11.6 Å². The molecule has 25 heavy (non-hydrogen) atoms. The summed E-state index contributed by atoms with van der Waals surface area (Å²) in [5, 5.41) is 3.55. The molecule has 1 fully saturated rings. The van der Waals surface area contributed by atoms with Crippen LogP contribution in [0.5, 0.6) is 0 Å². The Hall–Kier alpha value is -2.40. The molecule has 1 N–H and O–H groups in total. The standard InChI is InChI=1S/C19H20ClN3O2/c20-16-5-3-4-14(12-16)6-8-22-18(24)15-7-9-21-17(13-15)19(25)23-10-1-2-11-23/h3-5,7,9,12-13H,1-2,6,8,10-11H2,(H,22,24). The Bertz CT molecular complexity index is 773. The normalized spacial score (nSPS) is 13.7.